The second-order valence-electron chi connectivity index (χ2n) is 7.43. The van der Waals surface area contributed by atoms with E-state index in [1.54, 1.807) is 41.3 Å². The van der Waals surface area contributed by atoms with Gasteiger partial charge in [-0.2, -0.15) is 5.10 Å². The second-order valence-corrected chi connectivity index (χ2v) is 9.58. The highest BCUT2D eigenvalue weighted by atomic mass is 32.2. The SMILES string of the molecule is CN(C(=O)c1ccc(-n2cccn2)c(C#Cc2ccccc2)c1)[C@H]1CS(=O)(=O)C[C@H]1O. The fourth-order valence-electron chi connectivity index (χ4n) is 3.58. The van der Waals surface area contributed by atoms with E-state index < -0.39 is 22.0 Å². The topological polar surface area (TPSA) is 92.5 Å². The van der Waals surface area contributed by atoms with Gasteiger partial charge in [-0.1, -0.05) is 30.0 Å². The minimum absolute atomic E-state index is 0.248. The van der Waals surface area contributed by atoms with Crippen LogP contribution in [0, 0.1) is 11.8 Å². The van der Waals surface area contributed by atoms with Crippen molar-refractivity contribution in [3.8, 4) is 17.5 Å². The lowest BCUT2D eigenvalue weighted by Gasteiger charge is -2.26. The fourth-order valence-corrected chi connectivity index (χ4v) is 5.42. The van der Waals surface area contributed by atoms with Crippen molar-refractivity contribution in [1.29, 1.82) is 0 Å². The monoisotopic (exact) mass is 435 g/mol. The van der Waals surface area contributed by atoms with E-state index >= 15 is 0 Å². The van der Waals surface area contributed by atoms with E-state index in [2.05, 4.69) is 16.9 Å². The van der Waals surface area contributed by atoms with E-state index in [1.165, 1.54) is 11.9 Å². The van der Waals surface area contributed by atoms with Gasteiger partial charge in [-0.3, -0.25) is 4.79 Å². The smallest absolute Gasteiger partial charge is 0.254 e. The Hall–Kier alpha value is -3.41. The van der Waals surface area contributed by atoms with E-state index in [4.69, 9.17) is 0 Å². The second kappa shape index (κ2) is 8.38. The molecule has 1 amide bonds. The minimum Gasteiger partial charge on any atom is -0.390 e. The van der Waals surface area contributed by atoms with Crippen LogP contribution in [0.15, 0.2) is 67.0 Å². The molecule has 0 aliphatic carbocycles. The van der Waals surface area contributed by atoms with E-state index in [9.17, 15) is 18.3 Å². The van der Waals surface area contributed by atoms with Crippen LogP contribution < -0.4 is 0 Å². The molecule has 0 bridgehead atoms. The van der Waals surface area contributed by atoms with Crippen LogP contribution in [0.25, 0.3) is 5.69 Å². The summed E-state index contributed by atoms with van der Waals surface area (Å²) in [6, 6.07) is 15.6. The number of hydrogen-bond donors (Lipinski definition) is 1. The lowest BCUT2D eigenvalue weighted by atomic mass is 10.1. The number of benzene rings is 2. The summed E-state index contributed by atoms with van der Waals surface area (Å²) in [5.74, 6) is 5.25. The molecule has 0 spiro atoms. The molecule has 1 aliphatic heterocycles. The lowest BCUT2D eigenvalue weighted by molar-refractivity contribution is 0.0581. The van der Waals surface area contributed by atoms with Crippen molar-refractivity contribution in [3.63, 3.8) is 0 Å². The number of nitrogens with zero attached hydrogens (tertiary/aromatic N) is 3. The Morgan fingerprint density at radius 2 is 1.90 bits per heavy atom. The van der Waals surface area contributed by atoms with Crippen molar-refractivity contribution in [2.45, 2.75) is 12.1 Å². The summed E-state index contributed by atoms with van der Waals surface area (Å²) < 4.78 is 25.3. The summed E-state index contributed by atoms with van der Waals surface area (Å²) in [4.78, 5) is 14.4. The molecular formula is C23H21N3O4S. The first-order valence-corrected chi connectivity index (χ1v) is 11.5. The number of carbonyl (C=O) groups excluding carboxylic acids is 1. The van der Waals surface area contributed by atoms with Crippen LogP contribution in [0.3, 0.4) is 0 Å². The number of aromatic nitrogens is 2. The Kier molecular flexibility index (Phi) is 5.63. The van der Waals surface area contributed by atoms with E-state index in [0.29, 0.717) is 11.1 Å². The largest absolute Gasteiger partial charge is 0.390 e. The summed E-state index contributed by atoms with van der Waals surface area (Å²) in [5.41, 5.74) is 2.51. The van der Waals surface area contributed by atoms with E-state index in [1.807, 2.05) is 30.3 Å². The standard InChI is InChI=1S/C23H21N3O4S/c1-25(21-15-31(29,30)16-22(21)27)23(28)19-10-11-20(26-13-5-12-24-26)18(14-19)9-8-17-6-3-2-4-7-17/h2-7,10-14,21-22,27H,15-16H2,1H3/t21-,22+/m0/s1. The normalized spacial score (nSPS) is 19.4. The number of carbonyl (C=O) groups is 1. The molecule has 1 N–H and O–H groups in total. The van der Waals surface area contributed by atoms with Gasteiger partial charge in [0.2, 0.25) is 0 Å². The Bertz CT molecular complexity index is 1260. The molecule has 2 heterocycles. The number of aliphatic hydroxyl groups is 1. The van der Waals surface area contributed by atoms with Crippen LogP contribution in [-0.2, 0) is 9.84 Å². The van der Waals surface area contributed by atoms with Gasteiger partial charge in [0.05, 0.1) is 34.9 Å². The molecule has 0 radical (unpaired) electrons. The Morgan fingerprint density at radius 1 is 1.13 bits per heavy atom. The fraction of sp³-hybridized carbons (Fsp3) is 0.217. The number of likely N-dealkylation sites (N-methyl/N-ethyl adjacent to an activating group) is 1. The molecule has 1 fully saturated rings. The first-order valence-electron chi connectivity index (χ1n) is 9.71. The molecule has 1 aliphatic rings. The van der Waals surface area contributed by atoms with E-state index in [-0.39, 0.29) is 17.4 Å². The van der Waals surface area contributed by atoms with Gasteiger partial charge in [-0.25, -0.2) is 13.1 Å². The predicted octanol–water partition coefficient (Wildman–Crippen LogP) is 1.50. The minimum atomic E-state index is -3.37. The van der Waals surface area contributed by atoms with Crippen molar-refractivity contribution >= 4 is 15.7 Å². The number of sulfone groups is 1. The summed E-state index contributed by atoms with van der Waals surface area (Å²) in [6.45, 7) is 0. The highest BCUT2D eigenvalue weighted by molar-refractivity contribution is 7.91. The van der Waals surface area contributed by atoms with Gasteiger partial charge >= 0.3 is 0 Å². The number of aliphatic hydroxyl groups excluding tert-OH is 1. The van der Waals surface area contributed by atoms with Crippen LogP contribution in [-0.4, -0.2) is 64.8 Å². The van der Waals surface area contributed by atoms with Gasteiger partial charge in [-0.05, 0) is 36.4 Å². The van der Waals surface area contributed by atoms with Crippen molar-refractivity contribution in [2.24, 2.45) is 0 Å². The number of hydrogen-bond acceptors (Lipinski definition) is 5. The van der Waals surface area contributed by atoms with Gasteiger partial charge in [0.25, 0.3) is 5.91 Å². The molecule has 4 rings (SSSR count). The van der Waals surface area contributed by atoms with Crippen LogP contribution >= 0.6 is 0 Å². The maximum Gasteiger partial charge on any atom is 0.254 e. The quantitative estimate of drug-likeness (QED) is 0.630. The maximum atomic E-state index is 13.1. The summed E-state index contributed by atoms with van der Waals surface area (Å²) in [7, 11) is -1.86. The molecule has 8 heteroatoms. The highest BCUT2D eigenvalue weighted by Gasteiger charge is 2.40. The average molecular weight is 436 g/mol. The molecule has 2 atom stereocenters. The number of amides is 1. The number of rotatable bonds is 3. The van der Waals surface area contributed by atoms with Crippen molar-refractivity contribution < 1.29 is 18.3 Å². The third-order valence-electron chi connectivity index (χ3n) is 5.22. The molecule has 1 saturated heterocycles. The van der Waals surface area contributed by atoms with E-state index in [0.717, 1.165) is 11.3 Å². The third kappa shape index (κ3) is 4.53. The van der Waals surface area contributed by atoms with Crippen molar-refractivity contribution in [2.75, 3.05) is 18.6 Å². The highest BCUT2D eigenvalue weighted by Crippen LogP contribution is 2.21. The first kappa shape index (κ1) is 20.8. The van der Waals surface area contributed by atoms with Crippen molar-refractivity contribution in [3.05, 3.63) is 83.7 Å². The lowest BCUT2D eigenvalue weighted by Crippen LogP contribution is -2.44. The average Bonchev–Trinajstić information content (AvgIpc) is 3.39. The Balaban J connectivity index is 1.69. The summed E-state index contributed by atoms with van der Waals surface area (Å²) >= 11 is 0. The van der Waals surface area contributed by atoms with Gasteiger partial charge in [0.15, 0.2) is 9.84 Å². The predicted molar refractivity (Wildman–Crippen MR) is 117 cm³/mol. The molecule has 0 unspecified atom stereocenters. The van der Waals surface area contributed by atoms with Crippen molar-refractivity contribution in [1.82, 2.24) is 14.7 Å². The molecule has 1 aromatic heterocycles. The van der Waals surface area contributed by atoms with Crippen LogP contribution in [0.4, 0.5) is 0 Å². The molecule has 31 heavy (non-hydrogen) atoms. The Morgan fingerprint density at radius 3 is 2.55 bits per heavy atom. The molecule has 0 saturated carbocycles. The van der Waals surface area contributed by atoms with Crippen LogP contribution in [0.2, 0.25) is 0 Å². The molecule has 158 valence electrons. The van der Waals surface area contributed by atoms with Gasteiger partial charge in [-0.15, -0.1) is 0 Å². The first-order chi connectivity index (χ1) is 14.8. The zero-order chi connectivity index (χ0) is 22.0. The summed E-state index contributed by atoms with van der Waals surface area (Å²) in [5, 5.41) is 14.4. The zero-order valence-corrected chi connectivity index (χ0v) is 17.7. The van der Waals surface area contributed by atoms with Crippen LogP contribution in [0.5, 0.6) is 0 Å². The zero-order valence-electron chi connectivity index (χ0n) is 16.8. The molecule has 3 aromatic rings. The Labute approximate surface area is 180 Å². The molecule has 7 nitrogen and oxygen atoms in total. The van der Waals surface area contributed by atoms with Gasteiger partial charge in [0.1, 0.15) is 0 Å². The molecular weight excluding hydrogens is 414 g/mol. The third-order valence-corrected chi connectivity index (χ3v) is 6.92. The maximum absolute atomic E-state index is 13.1. The molecule has 2 aromatic carbocycles. The summed E-state index contributed by atoms with van der Waals surface area (Å²) in [6.07, 6.45) is 2.35. The van der Waals surface area contributed by atoms with Crippen LogP contribution in [0.1, 0.15) is 21.5 Å². The van der Waals surface area contributed by atoms with Gasteiger partial charge in [0, 0.05) is 30.6 Å². The van der Waals surface area contributed by atoms with Gasteiger partial charge < -0.3 is 10.0 Å².